The molecule has 0 aromatic heterocycles. The Labute approximate surface area is 161 Å². The summed E-state index contributed by atoms with van der Waals surface area (Å²) in [5.74, 6) is 0.395. The topological polar surface area (TPSA) is 74.6 Å². The zero-order valence-electron chi connectivity index (χ0n) is 16.7. The van der Waals surface area contributed by atoms with Crippen molar-refractivity contribution in [3.8, 4) is 0 Å². The number of allylic oxidation sites excluding steroid dienone is 4. The van der Waals surface area contributed by atoms with Gasteiger partial charge in [0.25, 0.3) is 0 Å². The first-order valence-corrected chi connectivity index (χ1v) is 10.4. The van der Waals surface area contributed by atoms with E-state index in [4.69, 9.17) is 0 Å². The van der Waals surface area contributed by atoms with Gasteiger partial charge < -0.3 is 10.2 Å². The van der Waals surface area contributed by atoms with E-state index in [0.29, 0.717) is 24.7 Å². The van der Waals surface area contributed by atoms with Gasteiger partial charge in [0.1, 0.15) is 0 Å². The summed E-state index contributed by atoms with van der Waals surface area (Å²) in [4.78, 5) is 23.1. The van der Waals surface area contributed by atoms with Crippen molar-refractivity contribution in [3.63, 3.8) is 0 Å². The van der Waals surface area contributed by atoms with Gasteiger partial charge in [-0.05, 0) is 71.8 Å². The molecular weight excluding hydrogens is 340 g/mol. The van der Waals surface area contributed by atoms with Crippen LogP contribution in [0.2, 0.25) is 0 Å². The predicted octanol–water partition coefficient (Wildman–Crippen LogP) is 4.14. The molecule has 4 aliphatic rings. The first kappa shape index (κ1) is 18.9. The van der Waals surface area contributed by atoms with E-state index >= 15 is 0 Å². The smallest absolute Gasteiger partial charge is 0.303 e. The lowest BCUT2D eigenvalue weighted by Crippen LogP contribution is -2.56. The minimum absolute atomic E-state index is 0.0462. The molecule has 4 heteroatoms. The molecule has 4 nitrogen and oxygen atoms in total. The zero-order valence-corrected chi connectivity index (χ0v) is 16.7. The highest BCUT2D eigenvalue weighted by molar-refractivity contribution is 5.92. The second kappa shape index (κ2) is 6.04. The van der Waals surface area contributed by atoms with E-state index in [0.717, 1.165) is 31.3 Å². The van der Waals surface area contributed by atoms with Gasteiger partial charge in [0.15, 0.2) is 5.78 Å². The van der Waals surface area contributed by atoms with Gasteiger partial charge in [0.2, 0.25) is 0 Å². The van der Waals surface area contributed by atoms with E-state index in [9.17, 15) is 19.8 Å². The van der Waals surface area contributed by atoms with E-state index in [-0.39, 0.29) is 34.4 Å². The van der Waals surface area contributed by atoms with Crippen molar-refractivity contribution >= 4 is 11.8 Å². The molecule has 7 atom stereocenters. The molecule has 0 saturated heterocycles. The number of carboxylic acids is 1. The van der Waals surface area contributed by atoms with Gasteiger partial charge in [-0.2, -0.15) is 0 Å². The molecule has 4 aliphatic carbocycles. The van der Waals surface area contributed by atoms with Crippen molar-refractivity contribution in [1.82, 2.24) is 0 Å². The van der Waals surface area contributed by atoms with Gasteiger partial charge in [-0.1, -0.05) is 32.9 Å². The number of fused-ring (bicyclic) bond motifs is 5. The van der Waals surface area contributed by atoms with E-state index in [1.165, 1.54) is 0 Å². The third-order valence-corrected chi connectivity index (χ3v) is 9.12. The molecule has 0 spiro atoms. The molecule has 5 unspecified atom stereocenters. The van der Waals surface area contributed by atoms with Gasteiger partial charge in [-0.15, -0.1) is 0 Å². The number of aliphatic hydroxyl groups is 1. The number of hydrogen-bond donors (Lipinski definition) is 2. The van der Waals surface area contributed by atoms with Crippen LogP contribution in [0.1, 0.15) is 65.7 Å². The molecule has 2 fully saturated rings. The molecule has 0 radical (unpaired) electrons. The summed E-state index contributed by atoms with van der Waals surface area (Å²) in [5.41, 5.74) is 0.869. The second-order valence-electron chi connectivity index (χ2n) is 10.2. The van der Waals surface area contributed by atoms with E-state index in [2.05, 4.69) is 32.9 Å². The summed E-state index contributed by atoms with van der Waals surface area (Å²) in [6, 6.07) is 0. The average Bonchev–Trinajstić information content (AvgIpc) is 2.85. The lowest BCUT2D eigenvalue weighted by atomic mass is 9.45. The van der Waals surface area contributed by atoms with Gasteiger partial charge >= 0.3 is 5.97 Å². The van der Waals surface area contributed by atoms with Gasteiger partial charge in [-0.25, -0.2) is 0 Å². The fourth-order valence-electron chi connectivity index (χ4n) is 7.26. The number of carboxylic acid groups (broad SMARTS) is 1. The average molecular weight is 373 g/mol. The minimum Gasteiger partial charge on any atom is -0.481 e. The number of carbonyl (C=O) groups is 2. The van der Waals surface area contributed by atoms with Crippen LogP contribution in [-0.2, 0) is 9.59 Å². The molecule has 0 amide bonds. The summed E-state index contributed by atoms with van der Waals surface area (Å²) < 4.78 is 0. The number of ketones is 1. The molecule has 148 valence electrons. The Morgan fingerprint density at radius 2 is 2.00 bits per heavy atom. The summed E-state index contributed by atoms with van der Waals surface area (Å²) in [6.07, 6.45) is 10.9. The molecule has 0 aliphatic heterocycles. The van der Waals surface area contributed by atoms with E-state index in [1.54, 1.807) is 6.08 Å². The molecular formula is C23H32O4. The Morgan fingerprint density at radius 1 is 1.26 bits per heavy atom. The molecule has 4 rings (SSSR count). The fourth-order valence-corrected chi connectivity index (χ4v) is 7.26. The van der Waals surface area contributed by atoms with Crippen LogP contribution in [0.3, 0.4) is 0 Å². The quantitative estimate of drug-likeness (QED) is 0.781. The first-order valence-electron chi connectivity index (χ1n) is 10.4. The minimum atomic E-state index is -0.732. The van der Waals surface area contributed by atoms with Crippen LogP contribution >= 0.6 is 0 Å². The number of carbonyl (C=O) groups excluding carboxylic acids is 1. The maximum absolute atomic E-state index is 11.9. The van der Waals surface area contributed by atoms with Gasteiger partial charge in [0.05, 0.1) is 6.10 Å². The Hall–Kier alpha value is -1.42. The molecule has 0 heterocycles. The summed E-state index contributed by atoms with van der Waals surface area (Å²) >= 11 is 0. The van der Waals surface area contributed by atoms with Crippen LogP contribution in [0.4, 0.5) is 0 Å². The lowest BCUT2D eigenvalue weighted by Gasteiger charge is -2.59. The second-order valence-corrected chi connectivity index (χ2v) is 10.2. The molecule has 2 saturated carbocycles. The van der Waals surface area contributed by atoms with Crippen molar-refractivity contribution in [2.75, 3.05) is 0 Å². The third-order valence-electron chi connectivity index (χ3n) is 9.12. The highest BCUT2D eigenvalue weighted by atomic mass is 16.4. The Kier molecular flexibility index (Phi) is 4.23. The molecule has 0 aromatic rings. The normalized spacial score (nSPS) is 48.4. The van der Waals surface area contributed by atoms with Crippen LogP contribution in [0.5, 0.6) is 0 Å². The fraction of sp³-hybridized carbons (Fsp3) is 0.739. The van der Waals surface area contributed by atoms with Crippen LogP contribution in [0.25, 0.3) is 0 Å². The Bertz CT molecular complexity index is 737. The number of rotatable bonds is 3. The maximum atomic E-state index is 11.9. The highest BCUT2D eigenvalue weighted by Crippen LogP contribution is 2.69. The van der Waals surface area contributed by atoms with E-state index in [1.807, 2.05) is 0 Å². The van der Waals surface area contributed by atoms with Crippen LogP contribution in [0.15, 0.2) is 23.8 Å². The van der Waals surface area contributed by atoms with E-state index < -0.39 is 12.1 Å². The molecule has 0 aromatic carbocycles. The summed E-state index contributed by atoms with van der Waals surface area (Å²) in [5, 5.41) is 20.5. The zero-order chi connectivity index (χ0) is 19.6. The first-order chi connectivity index (χ1) is 12.6. The molecule has 2 N–H and O–H groups in total. The standard InChI is InChI=1S/C23H32O4/c1-21(10-8-19(26)27)9-7-17-16-5-4-14-12-15(24)6-11-22(14,2)20(16)18(25)13-23(17,21)3/h4-5,12,16-18,20,25H,6-11,13H2,1-3H3,(H,26,27)/t16?,17?,18-,20?,21+,22?,23?/m1/s1. The maximum Gasteiger partial charge on any atom is 0.303 e. The lowest BCUT2D eigenvalue weighted by molar-refractivity contribution is -0.141. The largest absolute Gasteiger partial charge is 0.481 e. The predicted molar refractivity (Wildman–Crippen MR) is 103 cm³/mol. The number of aliphatic hydroxyl groups excluding tert-OH is 1. The van der Waals surface area contributed by atoms with Gasteiger partial charge in [0, 0.05) is 18.8 Å². The van der Waals surface area contributed by atoms with Gasteiger partial charge in [-0.3, -0.25) is 9.59 Å². The Morgan fingerprint density at radius 3 is 2.70 bits per heavy atom. The summed E-state index contributed by atoms with van der Waals surface area (Å²) in [7, 11) is 0. The van der Waals surface area contributed by atoms with Crippen molar-refractivity contribution in [3.05, 3.63) is 23.8 Å². The summed E-state index contributed by atoms with van der Waals surface area (Å²) in [6.45, 7) is 6.76. The number of hydrogen-bond acceptors (Lipinski definition) is 3. The number of aliphatic carboxylic acids is 1. The van der Waals surface area contributed by atoms with Crippen LogP contribution < -0.4 is 0 Å². The van der Waals surface area contributed by atoms with Crippen molar-refractivity contribution in [2.24, 2.45) is 34.0 Å². The van der Waals surface area contributed by atoms with Crippen molar-refractivity contribution in [2.45, 2.75) is 71.8 Å². The third kappa shape index (κ3) is 2.59. The van der Waals surface area contributed by atoms with Crippen LogP contribution in [0, 0.1) is 34.0 Å². The molecule has 27 heavy (non-hydrogen) atoms. The SMILES string of the molecule is CC12CCC(=O)C=C1C=CC1C2[C@H](O)CC2(C)C1CC[C@@]2(C)CCC(=O)O. The van der Waals surface area contributed by atoms with Crippen LogP contribution in [-0.4, -0.2) is 28.1 Å². The monoisotopic (exact) mass is 372 g/mol. The van der Waals surface area contributed by atoms with Crippen molar-refractivity contribution in [1.29, 1.82) is 0 Å². The molecule has 0 bridgehead atoms. The van der Waals surface area contributed by atoms with Crippen molar-refractivity contribution < 1.29 is 19.8 Å². The Balaban J connectivity index is 1.71. The highest BCUT2D eigenvalue weighted by Gasteiger charge is 2.64.